The van der Waals surface area contributed by atoms with Crippen LogP contribution in [-0.4, -0.2) is 49.4 Å². The quantitative estimate of drug-likeness (QED) is 0.783. The van der Waals surface area contributed by atoms with Crippen LogP contribution in [0.15, 0.2) is 35.4 Å². The number of carbonyl (C=O) groups excluding carboxylic acids is 1. The minimum Gasteiger partial charge on any atom is -0.361 e. The van der Waals surface area contributed by atoms with Crippen LogP contribution in [0.2, 0.25) is 0 Å². The van der Waals surface area contributed by atoms with Crippen LogP contribution in [0.4, 0.5) is 27.9 Å². The summed E-state index contributed by atoms with van der Waals surface area (Å²) >= 11 is 1.63. The Labute approximate surface area is 158 Å². The van der Waals surface area contributed by atoms with Gasteiger partial charge in [0.1, 0.15) is 5.69 Å². The standard InChI is InChI=1S/C18H24N6OS/c1-23(2)16-15(12-19-17(22-16)24-9-4-5-10-24)21-18(25)20-13-7-6-8-14(11-13)26-3/h6-8,11-12H,4-5,9-10H2,1-3H3,(H2,20,21,25). The lowest BCUT2D eigenvalue weighted by Crippen LogP contribution is -2.25. The summed E-state index contributed by atoms with van der Waals surface area (Å²) < 4.78 is 0. The van der Waals surface area contributed by atoms with Gasteiger partial charge in [-0.15, -0.1) is 11.8 Å². The molecule has 0 unspecified atom stereocenters. The van der Waals surface area contributed by atoms with Gasteiger partial charge in [-0.05, 0) is 37.3 Å². The third kappa shape index (κ3) is 4.37. The number of nitrogens with zero attached hydrogens (tertiary/aromatic N) is 4. The summed E-state index contributed by atoms with van der Waals surface area (Å²) in [6.45, 7) is 1.96. The second kappa shape index (κ2) is 8.27. The SMILES string of the molecule is CSc1cccc(NC(=O)Nc2cnc(N3CCCC3)nc2N(C)C)c1. The number of carbonyl (C=O) groups is 1. The predicted octanol–water partition coefficient (Wildman–Crippen LogP) is 3.51. The molecule has 1 aliphatic heterocycles. The van der Waals surface area contributed by atoms with Gasteiger partial charge in [-0.2, -0.15) is 4.98 Å². The Morgan fingerprint density at radius 3 is 2.69 bits per heavy atom. The van der Waals surface area contributed by atoms with Crippen molar-refractivity contribution in [1.82, 2.24) is 9.97 Å². The van der Waals surface area contributed by atoms with Gasteiger partial charge in [0.25, 0.3) is 0 Å². The molecule has 2 amide bonds. The second-order valence-corrected chi connectivity index (χ2v) is 7.19. The van der Waals surface area contributed by atoms with Crippen molar-refractivity contribution in [3.8, 4) is 0 Å². The van der Waals surface area contributed by atoms with Gasteiger partial charge in [0.15, 0.2) is 5.82 Å². The van der Waals surface area contributed by atoms with Crippen molar-refractivity contribution in [3.63, 3.8) is 0 Å². The van der Waals surface area contributed by atoms with Gasteiger partial charge in [-0.25, -0.2) is 9.78 Å². The molecule has 2 N–H and O–H groups in total. The Hall–Kier alpha value is -2.48. The molecule has 0 atom stereocenters. The van der Waals surface area contributed by atoms with E-state index >= 15 is 0 Å². The van der Waals surface area contributed by atoms with Gasteiger partial charge in [0.2, 0.25) is 5.95 Å². The zero-order valence-corrected chi connectivity index (χ0v) is 16.1. The molecule has 1 aliphatic rings. The molecule has 1 aromatic carbocycles. The van der Waals surface area contributed by atoms with Gasteiger partial charge in [-0.1, -0.05) is 6.07 Å². The van der Waals surface area contributed by atoms with Gasteiger partial charge in [-0.3, -0.25) is 0 Å². The number of hydrogen-bond acceptors (Lipinski definition) is 6. The van der Waals surface area contributed by atoms with Crippen LogP contribution in [0.3, 0.4) is 0 Å². The molecule has 0 bridgehead atoms. The molecular formula is C18H24N6OS. The average molecular weight is 372 g/mol. The molecule has 0 spiro atoms. The highest BCUT2D eigenvalue weighted by Gasteiger charge is 2.18. The number of benzene rings is 1. The summed E-state index contributed by atoms with van der Waals surface area (Å²) in [5, 5.41) is 5.71. The molecule has 3 rings (SSSR count). The Balaban J connectivity index is 1.74. The van der Waals surface area contributed by atoms with Crippen molar-refractivity contribution in [3.05, 3.63) is 30.5 Å². The smallest absolute Gasteiger partial charge is 0.323 e. The number of anilines is 4. The van der Waals surface area contributed by atoms with Crippen molar-refractivity contribution < 1.29 is 4.79 Å². The van der Waals surface area contributed by atoms with Gasteiger partial charge >= 0.3 is 6.03 Å². The van der Waals surface area contributed by atoms with E-state index in [0.29, 0.717) is 17.5 Å². The van der Waals surface area contributed by atoms with E-state index in [1.54, 1.807) is 18.0 Å². The Morgan fingerprint density at radius 2 is 2.00 bits per heavy atom. The number of amides is 2. The number of urea groups is 1. The maximum Gasteiger partial charge on any atom is 0.323 e. The molecule has 1 saturated heterocycles. The van der Waals surface area contributed by atoms with E-state index in [4.69, 9.17) is 0 Å². The van der Waals surface area contributed by atoms with Crippen LogP contribution in [0, 0.1) is 0 Å². The first kappa shape index (κ1) is 18.3. The third-order valence-electron chi connectivity index (χ3n) is 4.14. The zero-order chi connectivity index (χ0) is 18.5. The molecule has 2 aromatic rings. The largest absolute Gasteiger partial charge is 0.361 e. The molecule has 1 aromatic heterocycles. The molecule has 0 saturated carbocycles. The first-order valence-electron chi connectivity index (χ1n) is 8.58. The van der Waals surface area contributed by atoms with Crippen LogP contribution in [-0.2, 0) is 0 Å². The van der Waals surface area contributed by atoms with E-state index in [0.717, 1.165) is 36.5 Å². The van der Waals surface area contributed by atoms with Crippen molar-refractivity contribution in [2.24, 2.45) is 0 Å². The van der Waals surface area contributed by atoms with Crippen LogP contribution in [0.1, 0.15) is 12.8 Å². The van der Waals surface area contributed by atoms with Gasteiger partial charge in [0.05, 0.1) is 6.20 Å². The highest BCUT2D eigenvalue weighted by molar-refractivity contribution is 7.98. The lowest BCUT2D eigenvalue weighted by Gasteiger charge is -2.21. The van der Waals surface area contributed by atoms with Crippen LogP contribution in [0.5, 0.6) is 0 Å². The van der Waals surface area contributed by atoms with Crippen LogP contribution < -0.4 is 20.4 Å². The van der Waals surface area contributed by atoms with E-state index in [1.807, 2.05) is 49.5 Å². The Morgan fingerprint density at radius 1 is 1.23 bits per heavy atom. The van der Waals surface area contributed by atoms with E-state index in [9.17, 15) is 4.79 Å². The predicted molar refractivity (Wildman–Crippen MR) is 109 cm³/mol. The topological polar surface area (TPSA) is 73.4 Å². The highest BCUT2D eigenvalue weighted by atomic mass is 32.2. The lowest BCUT2D eigenvalue weighted by molar-refractivity contribution is 0.262. The number of thioether (sulfide) groups is 1. The third-order valence-corrected chi connectivity index (χ3v) is 4.87. The summed E-state index contributed by atoms with van der Waals surface area (Å²) in [5.41, 5.74) is 1.33. The molecule has 138 valence electrons. The second-order valence-electron chi connectivity index (χ2n) is 6.31. The summed E-state index contributed by atoms with van der Waals surface area (Å²) in [6, 6.07) is 7.40. The number of aromatic nitrogens is 2. The van der Waals surface area contributed by atoms with Gasteiger partial charge < -0.3 is 20.4 Å². The fraction of sp³-hybridized carbons (Fsp3) is 0.389. The first-order chi connectivity index (χ1) is 12.6. The molecule has 0 aliphatic carbocycles. The van der Waals surface area contributed by atoms with Crippen LogP contribution in [0.25, 0.3) is 0 Å². The fourth-order valence-corrected chi connectivity index (χ4v) is 3.31. The summed E-state index contributed by atoms with van der Waals surface area (Å²) in [5.74, 6) is 1.40. The van der Waals surface area contributed by atoms with E-state index in [-0.39, 0.29) is 6.03 Å². The normalized spacial score (nSPS) is 13.6. The zero-order valence-electron chi connectivity index (χ0n) is 15.3. The minimum absolute atomic E-state index is 0.316. The number of nitrogens with one attached hydrogen (secondary N) is 2. The summed E-state index contributed by atoms with van der Waals surface area (Å²) in [4.78, 5) is 26.6. The lowest BCUT2D eigenvalue weighted by atomic mass is 10.3. The maximum atomic E-state index is 12.4. The van der Waals surface area contributed by atoms with E-state index < -0.39 is 0 Å². The minimum atomic E-state index is -0.316. The number of hydrogen-bond donors (Lipinski definition) is 2. The van der Waals surface area contributed by atoms with E-state index in [1.165, 1.54) is 0 Å². The Bertz CT molecular complexity index is 776. The van der Waals surface area contributed by atoms with Crippen LogP contribution >= 0.6 is 11.8 Å². The van der Waals surface area contributed by atoms with Crippen molar-refractivity contribution >= 4 is 40.9 Å². The number of rotatable bonds is 5. The monoisotopic (exact) mass is 372 g/mol. The van der Waals surface area contributed by atoms with Crippen molar-refractivity contribution in [2.75, 3.05) is 53.9 Å². The molecular weight excluding hydrogens is 348 g/mol. The van der Waals surface area contributed by atoms with Crippen molar-refractivity contribution in [2.45, 2.75) is 17.7 Å². The highest BCUT2D eigenvalue weighted by Crippen LogP contribution is 2.26. The molecule has 1 fully saturated rings. The van der Waals surface area contributed by atoms with Crippen molar-refractivity contribution in [1.29, 1.82) is 0 Å². The molecule has 0 radical (unpaired) electrons. The fourth-order valence-electron chi connectivity index (χ4n) is 2.85. The molecule has 7 nitrogen and oxygen atoms in total. The summed E-state index contributed by atoms with van der Waals surface area (Å²) in [6.07, 6.45) is 6.01. The first-order valence-corrected chi connectivity index (χ1v) is 9.80. The maximum absolute atomic E-state index is 12.4. The summed E-state index contributed by atoms with van der Waals surface area (Å²) in [7, 11) is 3.81. The molecule has 26 heavy (non-hydrogen) atoms. The average Bonchev–Trinajstić information content (AvgIpc) is 3.16. The van der Waals surface area contributed by atoms with Gasteiger partial charge in [0, 0.05) is 37.8 Å². The Kier molecular flexibility index (Phi) is 5.82. The van der Waals surface area contributed by atoms with E-state index in [2.05, 4.69) is 25.5 Å². The molecule has 8 heteroatoms. The molecule has 2 heterocycles.